The Balaban J connectivity index is 1.61. The lowest BCUT2D eigenvalue weighted by atomic mass is 9.95. The van der Waals surface area contributed by atoms with E-state index >= 15 is 0 Å². The van der Waals surface area contributed by atoms with Gasteiger partial charge in [0.25, 0.3) is 5.91 Å². The number of aromatic nitrogens is 2. The molecule has 2 heterocycles. The van der Waals surface area contributed by atoms with Crippen molar-refractivity contribution >= 4 is 5.91 Å². The van der Waals surface area contributed by atoms with Crippen molar-refractivity contribution in [3.05, 3.63) is 48.0 Å². The average molecular weight is 317 g/mol. The topological polar surface area (TPSA) is 56.2 Å². The number of nitrogens with zero attached hydrogens (tertiary/aromatic N) is 2. The number of nitrogens with one attached hydrogen (secondary N) is 1. The summed E-state index contributed by atoms with van der Waals surface area (Å²) < 4.78 is 20.2. The van der Waals surface area contributed by atoms with E-state index in [2.05, 4.69) is 10.4 Å². The highest BCUT2D eigenvalue weighted by Crippen LogP contribution is 2.24. The van der Waals surface area contributed by atoms with E-state index in [0.29, 0.717) is 13.2 Å². The Morgan fingerprint density at radius 1 is 1.35 bits per heavy atom. The van der Waals surface area contributed by atoms with Gasteiger partial charge in [-0.25, -0.2) is 9.07 Å². The molecule has 3 rings (SSSR count). The Labute approximate surface area is 134 Å². The van der Waals surface area contributed by atoms with Gasteiger partial charge in [0, 0.05) is 12.8 Å². The van der Waals surface area contributed by atoms with Crippen molar-refractivity contribution < 1.29 is 13.9 Å². The molecule has 0 spiro atoms. The second-order valence-corrected chi connectivity index (χ2v) is 5.95. The third kappa shape index (κ3) is 3.59. The van der Waals surface area contributed by atoms with Gasteiger partial charge in [0.05, 0.1) is 17.9 Å². The van der Waals surface area contributed by atoms with Crippen LogP contribution in [0.2, 0.25) is 0 Å². The fourth-order valence-electron chi connectivity index (χ4n) is 2.66. The molecule has 0 aliphatic carbocycles. The molecule has 1 fully saturated rings. The van der Waals surface area contributed by atoms with Gasteiger partial charge in [0.2, 0.25) is 0 Å². The van der Waals surface area contributed by atoms with E-state index in [9.17, 15) is 9.18 Å². The van der Waals surface area contributed by atoms with Gasteiger partial charge in [-0.05, 0) is 56.5 Å². The molecule has 1 aromatic carbocycles. The van der Waals surface area contributed by atoms with Crippen LogP contribution in [0.3, 0.4) is 0 Å². The molecule has 1 aliphatic heterocycles. The predicted molar refractivity (Wildman–Crippen MR) is 83.6 cm³/mol. The van der Waals surface area contributed by atoms with E-state index in [4.69, 9.17) is 4.74 Å². The summed E-state index contributed by atoms with van der Waals surface area (Å²) in [4.78, 5) is 12.3. The van der Waals surface area contributed by atoms with Gasteiger partial charge in [-0.2, -0.15) is 5.10 Å². The number of carbonyl (C=O) groups is 1. The van der Waals surface area contributed by atoms with E-state index in [1.54, 1.807) is 23.0 Å². The zero-order valence-corrected chi connectivity index (χ0v) is 13.1. The van der Waals surface area contributed by atoms with Crippen molar-refractivity contribution in [2.24, 2.45) is 0 Å². The molecular weight excluding hydrogens is 297 g/mol. The van der Waals surface area contributed by atoms with Crippen molar-refractivity contribution in [3.63, 3.8) is 0 Å². The van der Waals surface area contributed by atoms with Crippen LogP contribution >= 0.6 is 0 Å². The van der Waals surface area contributed by atoms with Gasteiger partial charge in [-0.3, -0.25) is 4.79 Å². The lowest BCUT2D eigenvalue weighted by Gasteiger charge is -2.32. The summed E-state index contributed by atoms with van der Waals surface area (Å²) in [5.41, 5.74) is 0.770. The first kappa shape index (κ1) is 15.7. The molecule has 0 radical (unpaired) electrons. The van der Waals surface area contributed by atoms with E-state index in [1.165, 1.54) is 12.1 Å². The number of carbonyl (C=O) groups excluding carboxylic acids is 1. The number of ether oxygens (including phenoxy) is 1. The molecule has 1 atom stereocenters. The first-order valence-electron chi connectivity index (χ1n) is 7.80. The summed E-state index contributed by atoms with van der Waals surface area (Å²) in [5, 5.41) is 7.27. The van der Waals surface area contributed by atoms with Crippen molar-refractivity contribution in [2.45, 2.75) is 38.3 Å². The van der Waals surface area contributed by atoms with E-state index in [-0.39, 0.29) is 11.7 Å². The first-order valence-corrected chi connectivity index (χ1v) is 7.80. The maximum Gasteiger partial charge on any atom is 0.252 e. The van der Waals surface area contributed by atoms with Crippen molar-refractivity contribution in [3.8, 4) is 5.69 Å². The normalized spacial score (nSPS) is 21.1. The molecule has 23 heavy (non-hydrogen) atoms. The number of hydrogen-bond acceptors (Lipinski definition) is 3. The fourth-order valence-corrected chi connectivity index (χ4v) is 2.66. The minimum atomic E-state index is -0.738. The molecule has 6 heteroatoms. The smallest absolute Gasteiger partial charge is 0.252 e. The Hall–Kier alpha value is -2.21. The van der Waals surface area contributed by atoms with Gasteiger partial charge < -0.3 is 10.1 Å². The summed E-state index contributed by atoms with van der Waals surface area (Å²) in [6, 6.07) is 7.91. The maximum absolute atomic E-state index is 12.9. The molecule has 0 saturated carbocycles. The minimum absolute atomic E-state index is 0.103. The van der Waals surface area contributed by atoms with Crippen LogP contribution in [-0.2, 0) is 16.1 Å². The summed E-state index contributed by atoms with van der Waals surface area (Å²) in [6.45, 7) is 2.80. The molecule has 5 nitrogen and oxygen atoms in total. The molecule has 1 aliphatic rings. The van der Waals surface area contributed by atoms with Crippen LogP contribution in [0.25, 0.3) is 5.69 Å². The van der Waals surface area contributed by atoms with Crippen LogP contribution < -0.4 is 5.32 Å². The summed E-state index contributed by atoms with van der Waals surface area (Å²) in [7, 11) is 0. The fraction of sp³-hybridized carbons (Fsp3) is 0.412. The van der Waals surface area contributed by atoms with E-state index in [0.717, 1.165) is 30.6 Å². The van der Waals surface area contributed by atoms with Gasteiger partial charge in [0.15, 0.2) is 0 Å². The van der Waals surface area contributed by atoms with Gasteiger partial charge in [-0.1, -0.05) is 0 Å². The largest absolute Gasteiger partial charge is 0.365 e. The Morgan fingerprint density at radius 3 is 2.83 bits per heavy atom. The molecular formula is C17H20FN3O2. The molecule has 2 aromatic rings. The van der Waals surface area contributed by atoms with Gasteiger partial charge in [0.1, 0.15) is 11.4 Å². The van der Waals surface area contributed by atoms with Crippen LogP contribution in [0.1, 0.15) is 31.9 Å². The standard InChI is InChI=1S/C17H20FN3O2/c1-17(9-2-3-11-23-17)16(22)19-12-14-8-10-21(20-14)15-6-4-13(18)5-7-15/h4-8,10H,2-3,9,11-12H2,1H3,(H,19,22). The quantitative estimate of drug-likeness (QED) is 0.943. The number of halogens is 1. The minimum Gasteiger partial charge on any atom is -0.365 e. The lowest BCUT2D eigenvalue weighted by Crippen LogP contribution is -2.48. The van der Waals surface area contributed by atoms with Gasteiger partial charge >= 0.3 is 0 Å². The average Bonchev–Trinajstić information content (AvgIpc) is 3.03. The lowest BCUT2D eigenvalue weighted by molar-refractivity contribution is -0.150. The third-order valence-corrected chi connectivity index (χ3v) is 4.11. The monoisotopic (exact) mass is 317 g/mol. The molecule has 1 amide bonds. The number of amides is 1. The molecule has 1 N–H and O–H groups in total. The number of hydrogen-bond donors (Lipinski definition) is 1. The van der Waals surface area contributed by atoms with Crippen LogP contribution in [-0.4, -0.2) is 27.9 Å². The van der Waals surface area contributed by atoms with Crippen LogP contribution in [0.15, 0.2) is 36.5 Å². The Bertz CT molecular complexity index is 675. The second-order valence-electron chi connectivity index (χ2n) is 5.95. The van der Waals surface area contributed by atoms with Crippen molar-refractivity contribution in [2.75, 3.05) is 6.61 Å². The van der Waals surface area contributed by atoms with E-state index < -0.39 is 5.60 Å². The highest BCUT2D eigenvalue weighted by Gasteiger charge is 2.35. The SMILES string of the molecule is CC1(C(=O)NCc2ccn(-c3ccc(F)cc3)n2)CCCCO1. The number of benzene rings is 1. The molecule has 1 saturated heterocycles. The third-order valence-electron chi connectivity index (χ3n) is 4.11. The van der Waals surface area contributed by atoms with Gasteiger partial charge in [-0.15, -0.1) is 0 Å². The van der Waals surface area contributed by atoms with Crippen LogP contribution in [0.4, 0.5) is 4.39 Å². The van der Waals surface area contributed by atoms with Crippen molar-refractivity contribution in [1.82, 2.24) is 15.1 Å². The number of rotatable bonds is 4. The molecule has 1 aromatic heterocycles. The zero-order chi connectivity index (χ0) is 16.3. The second kappa shape index (κ2) is 6.50. The summed E-state index contributed by atoms with van der Waals surface area (Å²) in [5.74, 6) is -0.386. The molecule has 122 valence electrons. The molecule has 1 unspecified atom stereocenters. The Kier molecular flexibility index (Phi) is 4.43. The maximum atomic E-state index is 12.9. The van der Waals surface area contributed by atoms with Crippen LogP contribution in [0, 0.1) is 5.82 Å². The van der Waals surface area contributed by atoms with Crippen LogP contribution in [0.5, 0.6) is 0 Å². The summed E-state index contributed by atoms with van der Waals surface area (Å²) in [6.07, 6.45) is 4.53. The highest BCUT2D eigenvalue weighted by molar-refractivity contribution is 5.84. The first-order chi connectivity index (χ1) is 11.1. The highest BCUT2D eigenvalue weighted by atomic mass is 19.1. The zero-order valence-electron chi connectivity index (χ0n) is 13.1. The Morgan fingerprint density at radius 2 is 2.13 bits per heavy atom. The van der Waals surface area contributed by atoms with E-state index in [1.807, 2.05) is 13.0 Å². The molecule has 0 bridgehead atoms. The van der Waals surface area contributed by atoms with Crippen molar-refractivity contribution in [1.29, 1.82) is 0 Å². The predicted octanol–water partition coefficient (Wildman–Crippen LogP) is 2.59. The summed E-state index contributed by atoms with van der Waals surface area (Å²) >= 11 is 0.